The number of anilines is 1. The zero-order valence-corrected chi connectivity index (χ0v) is 12.2. The molecule has 0 aliphatic rings. The predicted molar refractivity (Wildman–Crippen MR) is 78.4 cm³/mol. The van der Waals surface area contributed by atoms with Crippen molar-refractivity contribution in [1.82, 2.24) is 4.98 Å². The van der Waals surface area contributed by atoms with E-state index in [1.54, 1.807) is 29.7 Å². The average Bonchev–Trinajstić information content (AvgIpc) is 2.92. The van der Waals surface area contributed by atoms with Gasteiger partial charge >= 0.3 is 5.69 Å². The molecule has 0 radical (unpaired) electrons. The van der Waals surface area contributed by atoms with E-state index in [-0.39, 0.29) is 17.0 Å². The second kappa shape index (κ2) is 5.46. The van der Waals surface area contributed by atoms with E-state index in [9.17, 15) is 10.1 Å². The molecule has 0 saturated carbocycles. The molecule has 0 atom stereocenters. The third kappa shape index (κ3) is 2.88. The van der Waals surface area contributed by atoms with Crippen LogP contribution >= 0.6 is 11.3 Å². The van der Waals surface area contributed by atoms with Gasteiger partial charge in [0, 0.05) is 29.4 Å². The Balaban J connectivity index is 2.28. The molecule has 1 heterocycles. The Hall–Kier alpha value is -2.15. The third-order valence-electron chi connectivity index (χ3n) is 2.80. The van der Waals surface area contributed by atoms with Gasteiger partial charge in [0.1, 0.15) is 5.01 Å². The highest BCUT2D eigenvalue weighted by Crippen LogP contribution is 2.33. The lowest BCUT2D eigenvalue weighted by Gasteiger charge is -2.25. The van der Waals surface area contributed by atoms with Crippen molar-refractivity contribution in [2.24, 2.45) is 0 Å². The summed E-state index contributed by atoms with van der Waals surface area (Å²) in [6, 6.07) is 4.71. The van der Waals surface area contributed by atoms with Crippen LogP contribution in [-0.4, -0.2) is 17.0 Å². The van der Waals surface area contributed by atoms with Gasteiger partial charge in [0.25, 0.3) is 0 Å². The zero-order valence-electron chi connectivity index (χ0n) is 11.4. The number of benzene rings is 1. The smallest absolute Gasteiger partial charge is 0.311 e. The first-order valence-electron chi connectivity index (χ1n) is 5.94. The number of aromatic nitrogens is 1. The lowest BCUT2D eigenvalue weighted by atomic mass is 10.1. The lowest BCUT2D eigenvalue weighted by molar-refractivity contribution is -0.385. The Bertz CT molecular complexity index is 611. The van der Waals surface area contributed by atoms with Gasteiger partial charge < -0.3 is 10.1 Å². The number of hydrogen-bond donors (Lipinski definition) is 1. The number of nitro groups is 1. The lowest BCUT2D eigenvalue weighted by Crippen LogP contribution is -2.27. The van der Waals surface area contributed by atoms with Crippen LogP contribution in [-0.2, 0) is 5.54 Å². The van der Waals surface area contributed by atoms with Crippen molar-refractivity contribution in [1.29, 1.82) is 0 Å². The minimum absolute atomic E-state index is 0.0508. The Kier molecular flexibility index (Phi) is 3.89. The molecule has 7 heteroatoms. The number of methoxy groups -OCH3 is 1. The molecule has 2 aromatic rings. The van der Waals surface area contributed by atoms with Crippen LogP contribution in [0.1, 0.15) is 18.9 Å². The normalized spacial score (nSPS) is 11.2. The maximum Gasteiger partial charge on any atom is 0.311 e. The zero-order chi connectivity index (χ0) is 14.8. The van der Waals surface area contributed by atoms with Crippen LogP contribution in [0.2, 0.25) is 0 Å². The fourth-order valence-corrected chi connectivity index (χ4v) is 2.57. The molecule has 0 saturated heterocycles. The summed E-state index contributed by atoms with van der Waals surface area (Å²) in [5, 5.41) is 17.0. The van der Waals surface area contributed by atoms with E-state index in [0.29, 0.717) is 0 Å². The second-order valence-electron chi connectivity index (χ2n) is 4.73. The number of nitrogens with zero attached hydrogens (tertiary/aromatic N) is 2. The first kappa shape index (κ1) is 14.3. The van der Waals surface area contributed by atoms with E-state index < -0.39 is 4.92 Å². The van der Waals surface area contributed by atoms with Gasteiger partial charge in [0.2, 0.25) is 0 Å². The molecule has 0 unspecified atom stereocenters. The number of nitro benzene ring substituents is 1. The van der Waals surface area contributed by atoms with E-state index in [1.165, 1.54) is 13.2 Å². The summed E-state index contributed by atoms with van der Waals surface area (Å²) in [6.07, 6.45) is 1.75. The van der Waals surface area contributed by atoms with Crippen LogP contribution in [0, 0.1) is 10.1 Å². The summed E-state index contributed by atoms with van der Waals surface area (Å²) in [7, 11) is 1.41. The van der Waals surface area contributed by atoms with Crippen molar-refractivity contribution in [2.45, 2.75) is 19.4 Å². The molecule has 1 aromatic carbocycles. The molecule has 1 N–H and O–H groups in total. The minimum Gasteiger partial charge on any atom is -0.490 e. The van der Waals surface area contributed by atoms with Gasteiger partial charge in [-0.1, -0.05) is 0 Å². The highest BCUT2D eigenvalue weighted by Gasteiger charge is 2.24. The third-order valence-corrected chi connectivity index (χ3v) is 3.90. The maximum absolute atomic E-state index is 10.9. The molecule has 20 heavy (non-hydrogen) atoms. The molecule has 0 bridgehead atoms. The van der Waals surface area contributed by atoms with Crippen molar-refractivity contribution >= 4 is 22.7 Å². The molecule has 0 aliphatic carbocycles. The minimum atomic E-state index is -0.464. The van der Waals surface area contributed by atoms with Gasteiger partial charge in [0.15, 0.2) is 5.75 Å². The summed E-state index contributed by atoms with van der Waals surface area (Å²) in [4.78, 5) is 14.7. The van der Waals surface area contributed by atoms with Crippen molar-refractivity contribution < 1.29 is 9.66 Å². The van der Waals surface area contributed by atoms with E-state index in [1.807, 2.05) is 19.2 Å². The Morgan fingerprint density at radius 1 is 1.45 bits per heavy atom. The van der Waals surface area contributed by atoms with E-state index >= 15 is 0 Å². The maximum atomic E-state index is 10.9. The fourth-order valence-electron chi connectivity index (χ4n) is 1.85. The Labute approximate surface area is 120 Å². The first-order chi connectivity index (χ1) is 9.44. The highest BCUT2D eigenvalue weighted by molar-refractivity contribution is 7.09. The van der Waals surface area contributed by atoms with E-state index in [2.05, 4.69) is 10.3 Å². The van der Waals surface area contributed by atoms with Gasteiger partial charge in [-0.3, -0.25) is 10.1 Å². The molecule has 2 rings (SSSR count). The quantitative estimate of drug-likeness (QED) is 0.675. The summed E-state index contributed by atoms with van der Waals surface area (Å²) >= 11 is 1.55. The molecule has 6 nitrogen and oxygen atoms in total. The molecular weight excluding hydrogens is 278 g/mol. The van der Waals surface area contributed by atoms with Crippen LogP contribution < -0.4 is 10.1 Å². The SMILES string of the molecule is COc1cc(NC(C)(C)c2nccs2)ccc1[N+](=O)[O-]. The van der Waals surface area contributed by atoms with Crippen molar-refractivity contribution in [3.63, 3.8) is 0 Å². The van der Waals surface area contributed by atoms with Crippen molar-refractivity contribution in [2.75, 3.05) is 12.4 Å². The van der Waals surface area contributed by atoms with Crippen LogP contribution in [0.25, 0.3) is 0 Å². The molecule has 106 valence electrons. The van der Waals surface area contributed by atoms with Crippen molar-refractivity contribution in [3.8, 4) is 5.75 Å². The molecule has 0 amide bonds. The van der Waals surface area contributed by atoms with Gasteiger partial charge in [-0.25, -0.2) is 4.98 Å². The Morgan fingerprint density at radius 2 is 2.20 bits per heavy atom. The summed E-state index contributed by atoms with van der Waals surface area (Å²) in [5.41, 5.74) is 0.327. The van der Waals surface area contributed by atoms with Crippen molar-refractivity contribution in [3.05, 3.63) is 44.9 Å². The summed E-state index contributed by atoms with van der Waals surface area (Å²) in [5.74, 6) is 0.231. The average molecular weight is 293 g/mol. The van der Waals surface area contributed by atoms with Gasteiger partial charge in [0.05, 0.1) is 17.6 Å². The van der Waals surface area contributed by atoms with E-state index in [4.69, 9.17) is 4.74 Å². The van der Waals surface area contributed by atoms with E-state index in [0.717, 1.165) is 10.7 Å². The standard InChI is InChI=1S/C13H15N3O3S/c1-13(2,12-14-6-7-20-12)15-9-4-5-10(16(17)18)11(8-9)19-3/h4-8,15H,1-3H3. The van der Waals surface area contributed by atoms with Crippen LogP contribution in [0.15, 0.2) is 29.8 Å². The topological polar surface area (TPSA) is 77.3 Å². The van der Waals surface area contributed by atoms with Gasteiger partial charge in [-0.05, 0) is 19.9 Å². The first-order valence-corrected chi connectivity index (χ1v) is 6.82. The van der Waals surface area contributed by atoms with Gasteiger partial charge in [-0.2, -0.15) is 0 Å². The number of ether oxygens (including phenoxy) is 1. The molecule has 1 aromatic heterocycles. The fraction of sp³-hybridized carbons (Fsp3) is 0.308. The molecule has 0 spiro atoms. The highest BCUT2D eigenvalue weighted by atomic mass is 32.1. The number of thiazole rings is 1. The number of rotatable bonds is 5. The second-order valence-corrected chi connectivity index (χ2v) is 5.63. The molecule has 0 aliphatic heterocycles. The van der Waals surface area contributed by atoms with Crippen LogP contribution in [0.3, 0.4) is 0 Å². The van der Waals surface area contributed by atoms with Crippen LogP contribution in [0.5, 0.6) is 5.75 Å². The largest absolute Gasteiger partial charge is 0.490 e. The number of hydrogen-bond acceptors (Lipinski definition) is 6. The van der Waals surface area contributed by atoms with Crippen LogP contribution in [0.4, 0.5) is 11.4 Å². The predicted octanol–water partition coefficient (Wildman–Crippen LogP) is 3.41. The monoisotopic (exact) mass is 293 g/mol. The molecule has 0 fully saturated rings. The Morgan fingerprint density at radius 3 is 2.75 bits per heavy atom. The van der Waals surface area contributed by atoms with Gasteiger partial charge in [-0.15, -0.1) is 11.3 Å². The summed E-state index contributed by atoms with van der Waals surface area (Å²) < 4.78 is 5.06. The molecular formula is C13H15N3O3S. The summed E-state index contributed by atoms with van der Waals surface area (Å²) in [6.45, 7) is 4.00. The number of nitrogens with one attached hydrogen (secondary N) is 1.